The Labute approximate surface area is 89.1 Å². The van der Waals surface area contributed by atoms with Gasteiger partial charge in [0.15, 0.2) is 0 Å². The SMILES string of the molecule is b1bc(C2CCCCCCC2)bcc1. The Hall–Kier alpha value is -0.195. The van der Waals surface area contributed by atoms with Gasteiger partial charge in [-0.25, -0.2) is 0 Å². The molecule has 0 amide bonds. The van der Waals surface area contributed by atoms with E-state index in [4.69, 9.17) is 0 Å². The van der Waals surface area contributed by atoms with Crippen LogP contribution in [0.2, 0.25) is 0 Å². The van der Waals surface area contributed by atoms with Crippen LogP contribution in [0.25, 0.3) is 0 Å². The zero-order chi connectivity index (χ0) is 9.64. The second-order valence-electron chi connectivity index (χ2n) is 4.45. The van der Waals surface area contributed by atoms with Crippen molar-refractivity contribution in [3.8, 4) is 0 Å². The van der Waals surface area contributed by atoms with Crippen LogP contribution < -0.4 is 0 Å². The molecule has 1 aromatic rings. The van der Waals surface area contributed by atoms with Crippen LogP contribution in [0.3, 0.4) is 0 Å². The number of hydrogen-bond donors (Lipinski definition) is 0. The Morgan fingerprint density at radius 3 is 2.29 bits per heavy atom. The van der Waals surface area contributed by atoms with E-state index in [0.29, 0.717) is 0 Å². The van der Waals surface area contributed by atoms with Gasteiger partial charge in [-0.05, 0) is 0 Å². The molecule has 3 heteroatoms. The predicted molar refractivity (Wildman–Crippen MR) is 65.5 cm³/mol. The van der Waals surface area contributed by atoms with E-state index in [2.05, 4.69) is 32.4 Å². The maximum absolute atomic E-state index is 2.30. The molecule has 0 N–H and O–H groups in total. The molecule has 70 valence electrons. The molecule has 1 aromatic heterocycles. The van der Waals surface area contributed by atoms with Crippen molar-refractivity contribution in [1.29, 1.82) is 0 Å². The summed E-state index contributed by atoms with van der Waals surface area (Å²) in [5, 5.41) is 1.56. The van der Waals surface area contributed by atoms with Gasteiger partial charge in [0.1, 0.15) is 0 Å². The van der Waals surface area contributed by atoms with E-state index in [1.165, 1.54) is 44.9 Å². The second kappa shape index (κ2) is 5.63. The fraction of sp³-hybridized carbons (Fsp3) is 0.727. The molecule has 0 aliphatic heterocycles. The zero-order valence-electron chi connectivity index (χ0n) is 8.91. The molecule has 14 heavy (non-hydrogen) atoms. The summed E-state index contributed by atoms with van der Waals surface area (Å²) in [5.41, 5.74) is 0. The average molecular weight is 182 g/mol. The van der Waals surface area contributed by atoms with Crippen molar-refractivity contribution in [1.82, 2.24) is 0 Å². The molecule has 1 saturated carbocycles. The Morgan fingerprint density at radius 1 is 0.929 bits per heavy atom. The van der Waals surface area contributed by atoms with Crippen molar-refractivity contribution in [2.45, 2.75) is 50.9 Å². The monoisotopic (exact) mass is 182 g/mol. The van der Waals surface area contributed by atoms with Crippen LogP contribution >= 0.6 is 0 Å². The fourth-order valence-corrected chi connectivity index (χ4v) is 2.51. The summed E-state index contributed by atoms with van der Waals surface area (Å²) in [5.74, 6) is 5.14. The summed E-state index contributed by atoms with van der Waals surface area (Å²) < 4.78 is 0. The molecule has 1 aliphatic rings. The van der Waals surface area contributed by atoms with E-state index in [9.17, 15) is 0 Å². The summed E-state index contributed by atoms with van der Waals surface area (Å²) in [7, 11) is 0. The first-order valence-electron chi connectivity index (χ1n) is 6.02. The van der Waals surface area contributed by atoms with E-state index in [1.807, 2.05) is 0 Å². The van der Waals surface area contributed by atoms with Crippen molar-refractivity contribution in [3.05, 3.63) is 17.3 Å². The molecule has 1 heterocycles. The van der Waals surface area contributed by atoms with Crippen molar-refractivity contribution in [2.24, 2.45) is 0 Å². The molecule has 0 bridgehead atoms. The first kappa shape index (κ1) is 10.3. The molecular weight excluding hydrogens is 165 g/mol. The Bertz CT molecular complexity index is 252. The van der Waals surface area contributed by atoms with Crippen LogP contribution in [-0.4, -0.2) is 20.5 Å². The van der Waals surface area contributed by atoms with Gasteiger partial charge in [-0.1, -0.05) is 0 Å². The van der Waals surface area contributed by atoms with Crippen LogP contribution in [0.15, 0.2) is 11.9 Å². The molecule has 1 fully saturated rings. The molecular formula is C11H17B3. The molecule has 0 saturated heterocycles. The van der Waals surface area contributed by atoms with Crippen molar-refractivity contribution >= 4 is 20.5 Å². The van der Waals surface area contributed by atoms with E-state index in [-0.39, 0.29) is 0 Å². The zero-order valence-corrected chi connectivity index (χ0v) is 8.91. The predicted octanol–water partition coefficient (Wildman–Crippen LogP) is 2.53. The third kappa shape index (κ3) is 2.90. The molecule has 0 spiro atoms. The first-order valence-corrected chi connectivity index (χ1v) is 6.02. The van der Waals surface area contributed by atoms with Crippen molar-refractivity contribution in [2.75, 3.05) is 0 Å². The van der Waals surface area contributed by atoms with E-state index in [1.54, 1.807) is 5.35 Å². The van der Waals surface area contributed by atoms with Gasteiger partial charge >= 0.3 is 88.6 Å². The van der Waals surface area contributed by atoms with Crippen LogP contribution in [0.5, 0.6) is 0 Å². The van der Waals surface area contributed by atoms with Gasteiger partial charge in [0, 0.05) is 0 Å². The first-order chi connectivity index (χ1) is 6.97. The Kier molecular flexibility index (Phi) is 4.15. The van der Waals surface area contributed by atoms with Crippen LogP contribution in [-0.2, 0) is 0 Å². The van der Waals surface area contributed by atoms with Gasteiger partial charge in [0.2, 0.25) is 0 Å². The molecule has 2 rings (SSSR count). The van der Waals surface area contributed by atoms with Gasteiger partial charge < -0.3 is 0 Å². The maximum atomic E-state index is 2.30. The van der Waals surface area contributed by atoms with Crippen LogP contribution in [0.1, 0.15) is 56.2 Å². The number of rotatable bonds is 1. The van der Waals surface area contributed by atoms with Crippen molar-refractivity contribution < 1.29 is 0 Å². The molecule has 0 radical (unpaired) electrons. The Balaban J connectivity index is 2.01. The van der Waals surface area contributed by atoms with E-state index >= 15 is 0 Å². The third-order valence-electron chi connectivity index (χ3n) is 3.38. The minimum absolute atomic E-state index is 0.844. The van der Waals surface area contributed by atoms with Gasteiger partial charge in [-0.3, -0.25) is 0 Å². The second-order valence-corrected chi connectivity index (χ2v) is 4.45. The quantitative estimate of drug-likeness (QED) is 0.625. The summed E-state index contributed by atoms with van der Waals surface area (Å²) in [4.78, 5) is 0. The summed E-state index contributed by atoms with van der Waals surface area (Å²) >= 11 is 0. The summed E-state index contributed by atoms with van der Waals surface area (Å²) in [6, 6.07) is 0. The van der Waals surface area contributed by atoms with Gasteiger partial charge in [-0.2, -0.15) is 0 Å². The molecule has 0 nitrogen and oxygen atoms in total. The average Bonchev–Trinajstić information content (AvgIpc) is 2.18. The molecule has 0 unspecified atom stereocenters. The standard InChI is InChI=1S/C11H17B3/c1-2-4-6-10(7-5-3-1)11-12-8-9-13-14-11/h8-10H,1-7H2. The normalized spacial score (nSPS) is 19.1. The van der Waals surface area contributed by atoms with Crippen molar-refractivity contribution in [3.63, 3.8) is 0 Å². The topological polar surface area (TPSA) is 0 Å². The Morgan fingerprint density at radius 2 is 1.64 bits per heavy atom. The minimum atomic E-state index is 0.844. The summed E-state index contributed by atoms with van der Waals surface area (Å²) in [6.07, 6.45) is 10.0. The van der Waals surface area contributed by atoms with Crippen LogP contribution in [0, 0.1) is 0 Å². The van der Waals surface area contributed by atoms with E-state index in [0.717, 1.165) is 5.92 Å². The third-order valence-corrected chi connectivity index (χ3v) is 3.38. The van der Waals surface area contributed by atoms with Gasteiger partial charge in [-0.15, -0.1) is 0 Å². The van der Waals surface area contributed by atoms with Crippen LogP contribution in [0.4, 0.5) is 0 Å². The van der Waals surface area contributed by atoms with Gasteiger partial charge in [0.05, 0.1) is 0 Å². The molecule has 0 aromatic carbocycles. The molecule has 0 atom stereocenters. The summed E-state index contributed by atoms with van der Waals surface area (Å²) in [6.45, 7) is 6.77. The number of hydrogen-bond acceptors (Lipinski definition) is 0. The molecule has 1 aliphatic carbocycles. The van der Waals surface area contributed by atoms with E-state index < -0.39 is 0 Å². The fourth-order valence-electron chi connectivity index (χ4n) is 2.51. The van der Waals surface area contributed by atoms with Gasteiger partial charge in [0.25, 0.3) is 0 Å².